The summed E-state index contributed by atoms with van der Waals surface area (Å²) in [7, 11) is 0. The molecule has 4 heteroatoms. The van der Waals surface area contributed by atoms with E-state index >= 15 is 0 Å². The van der Waals surface area contributed by atoms with E-state index in [1.165, 1.54) is 0 Å². The minimum absolute atomic E-state index is 0.518. The molecule has 0 atom stereocenters. The first-order chi connectivity index (χ1) is 9.33. The minimum atomic E-state index is 0.518. The molecule has 0 bridgehead atoms. The summed E-state index contributed by atoms with van der Waals surface area (Å²) in [4.78, 5) is 4.18. The number of aromatic nitrogens is 1. The van der Waals surface area contributed by atoms with Gasteiger partial charge in [0.05, 0.1) is 12.8 Å². The molecule has 1 aromatic heterocycles. The van der Waals surface area contributed by atoms with Gasteiger partial charge < -0.3 is 9.15 Å². The Labute approximate surface area is 118 Å². The number of oxazole rings is 1. The smallest absolute Gasteiger partial charge is 0.196 e. The summed E-state index contributed by atoms with van der Waals surface area (Å²) in [5.41, 5.74) is 0.996. The van der Waals surface area contributed by atoms with E-state index in [9.17, 15) is 0 Å². The van der Waals surface area contributed by atoms with Gasteiger partial charge in [-0.1, -0.05) is 13.3 Å². The van der Waals surface area contributed by atoms with Gasteiger partial charge in [-0.2, -0.15) is 0 Å². The molecule has 2 aromatic rings. The fourth-order valence-corrected chi connectivity index (χ4v) is 1.85. The first kappa shape index (κ1) is 13.9. The van der Waals surface area contributed by atoms with Gasteiger partial charge in [-0.05, 0) is 30.7 Å². The van der Waals surface area contributed by atoms with Crippen LogP contribution in [-0.2, 0) is 6.42 Å². The van der Waals surface area contributed by atoms with Gasteiger partial charge in [0, 0.05) is 17.9 Å². The number of nitrogens with zero attached hydrogens (tertiary/aromatic N) is 1. The molecule has 0 saturated heterocycles. The quantitative estimate of drug-likeness (QED) is 0.560. The van der Waals surface area contributed by atoms with Crippen molar-refractivity contribution in [2.24, 2.45) is 0 Å². The average molecular weight is 280 g/mol. The SMILES string of the molecule is CCCCOc1ccc(-c2cnc(CCCl)o2)cc1. The standard InChI is InChI=1S/C15H18ClNO2/c1-2-3-10-18-13-6-4-12(5-7-13)14-11-17-15(19-14)8-9-16/h4-7,11H,2-3,8-10H2,1H3. The number of ether oxygens (including phenoxy) is 1. The van der Waals surface area contributed by atoms with E-state index in [0.29, 0.717) is 18.2 Å². The van der Waals surface area contributed by atoms with Gasteiger partial charge >= 0.3 is 0 Å². The van der Waals surface area contributed by atoms with Gasteiger partial charge in [-0.3, -0.25) is 0 Å². The van der Waals surface area contributed by atoms with Crippen molar-refractivity contribution < 1.29 is 9.15 Å². The van der Waals surface area contributed by atoms with Crippen LogP contribution in [0, 0.1) is 0 Å². The highest BCUT2D eigenvalue weighted by Gasteiger charge is 2.06. The highest BCUT2D eigenvalue weighted by Crippen LogP contribution is 2.23. The van der Waals surface area contributed by atoms with E-state index in [2.05, 4.69) is 11.9 Å². The number of aryl methyl sites for hydroxylation is 1. The van der Waals surface area contributed by atoms with Crippen LogP contribution in [0.5, 0.6) is 5.75 Å². The van der Waals surface area contributed by atoms with Crippen molar-refractivity contribution in [2.45, 2.75) is 26.2 Å². The summed E-state index contributed by atoms with van der Waals surface area (Å²) < 4.78 is 11.2. The van der Waals surface area contributed by atoms with Crippen molar-refractivity contribution in [1.29, 1.82) is 0 Å². The Balaban J connectivity index is 2.00. The van der Waals surface area contributed by atoms with Crippen LogP contribution < -0.4 is 4.74 Å². The molecular formula is C15H18ClNO2. The van der Waals surface area contributed by atoms with Crippen LogP contribution in [0.3, 0.4) is 0 Å². The maximum atomic E-state index is 5.66. The van der Waals surface area contributed by atoms with E-state index in [4.69, 9.17) is 20.8 Å². The molecule has 0 aliphatic carbocycles. The fraction of sp³-hybridized carbons (Fsp3) is 0.400. The van der Waals surface area contributed by atoms with E-state index < -0.39 is 0 Å². The number of hydrogen-bond acceptors (Lipinski definition) is 3. The molecule has 2 rings (SSSR count). The van der Waals surface area contributed by atoms with Crippen LogP contribution in [0.2, 0.25) is 0 Å². The molecule has 0 radical (unpaired) electrons. The van der Waals surface area contributed by atoms with Crippen LogP contribution in [0.1, 0.15) is 25.7 Å². The summed E-state index contributed by atoms with van der Waals surface area (Å²) >= 11 is 5.66. The Morgan fingerprint density at radius 1 is 1.26 bits per heavy atom. The second kappa shape index (κ2) is 7.19. The van der Waals surface area contributed by atoms with Gasteiger partial charge in [-0.25, -0.2) is 4.98 Å². The van der Waals surface area contributed by atoms with E-state index in [1.807, 2.05) is 24.3 Å². The largest absolute Gasteiger partial charge is 0.494 e. The number of rotatable bonds is 7. The van der Waals surface area contributed by atoms with Crippen LogP contribution in [0.4, 0.5) is 0 Å². The fourth-order valence-electron chi connectivity index (χ4n) is 1.69. The molecule has 0 N–H and O–H groups in total. The van der Waals surface area contributed by atoms with Gasteiger partial charge in [-0.15, -0.1) is 11.6 Å². The van der Waals surface area contributed by atoms with Crippen molar-refractivity contribution >= 4 is 11.6 Å². The molecule has 3 nitrogen and oxygen atoms in total. The van der Waals surface area contributed by atoms with Gasteiger partial charge in [0.2, 0.25) is 0 Å². The Kier molecular flexibility index (Phi) is 5.28. The molecule has 0 spiro atoms. The van der Waals surface area contributed by atoms with Crippen LogP contribution in [0.15, 0.2) is 34.9 Å². The van der Waals surface area contributed by atoms with Crippen LogP contribution >= 0.6 is 11.6 Å². The first-order valence-corrected chi connectivity index (χ1v) is 7.11. The van der Waals surface area contributed by atoms with E-state index in [1.54, 1.807) is 6.20 Å². The number of alkyl halides is 1. The normalized spacial score (nSPS) is 10.6. The number of unbranched alkanes of at least 4 members (excludes halogenated alkanes) is 1. The zero-order valence-electron chi connectivity index (χ0n) is 11.1. The monoisotopic (exact) mass is 279 g/mol. The molecule has 1 aromatic carbocycles. The molecule has 102 valence electrons. The first-order valence-electron chi connectivity index (χ1n) is 6.57. The lowest BCUT2D eigenvalue weighted by atomic mass is 10.2. The van der Waals surface area contributed by atoms with Crippen molar-refractivity contribution in [3.8, 4) is 17.1 Å². The lowest BCUT2D eigenvalue weighted by Gasteiger charge is -2.05. The predicted molar refractivity (Wildman–Crippen MR) is 76.8 cm³/mol. The molecule has 0 aliphatic rings. The lowest BCUT2D eigenvalue weighted by molar-refractivity contribution is 0.309. The predicted octanol–water partition coefficient (Wildman–Crippen LogP) is 4.30. The third-order valence-electron chi connectivity index (χ3n) is 2.77. The molecule has 0 aliphatic heterocycles. The van der Waals surface area contributed by atoms with Crippen molar-refractivity contribution in [2.75, 3.05) is 12.5 Å². The van der Waals surface area contributed by atoms with Gasteiger partial charge in [0.15, 0.2) is 11.7 Å². The van der Waals surface area contributed by atoms with E-state index in [-0.39, 0.29) is 0 Å². The Bertz CT molecular complexity index is 493. The maximum absolute atomic E-state index is 5.66. The zero-order chi connectivity index (χ0) is 13.5. The Morgan fingerprint density at radius 2 is 2.05 bits per heavy atom. The second-order valence-electron chi connectivity index (χ2n) is 4.28. The molecule has 0 saturated carbocycles. The topological polar surface area (TPSA) is 35.3 Å². The summed E-state index contributed by atoms with van der Waals surface area (Å²) in [6.45, 7) is 2.91. The summed E-state index contributed by atoms with van der Waals surface area (Å²) in [6.07, 6.45) is 4.60. The van der Waals surface area contributed by atoms with Crippen molar-refractivity contribution in [1.82, 2.24) is 4.98 Å². The maximum Gasteiger partial charge on any atom is 0.196 e. The van der Waals surface area contributed by atoms with Crippen molar-refractivity contribution in [3.63, 3.8) is 0 Å². The minimum Gasteiger partial charge on any atom is -0.494 e. The molecule has 19 heavy (non-hydrogen) atoms. The van der Waals surface area contributed by atoms with E-state index in [0.717, 1.165) is 36.5 Å². The summed E-state index contributed by atoms with van der Waals surface area (Å²) in [6, 6.07) is 7.86. The molecule has 1 heterocycles. The summed E-state index contributed by atoms with van der Waals surface area (Å²) in [5, 5.41) is 0. The van der Waals surface area contributed by atoms with Gasteiger partial charge in [0.25, 0.3) is 0 Å². The molecule has 0 amide bonds. The highest BCUT2D eigenvalue weighted by molar-refractivity contribution is 6.17. The number of benzene rings is 1. The lowest BCUT2D eigenvalue weighted by Crippen LogP contribution is -1.95. The Morgan fingerprint density at radius 3 is 2.74 bits per heavy atom. The highest BCUT2D eigenvalue weighted by atomic mass is 35.5. The average Bonchev–Trinajstić information content (AvgIpc) is 2.89. The van der Waals surface area contributed by atoms with Gasteiger partial charge in [0.1, 0.15) is 5.75 Å². The van der Waals surface area contributed by atoms with Crippen LogP contribution in [0.25, 0.3) is 11.3 Å². The zero-order valence-corrected chi connectivity index (χ0v) is 11.8. The molecule has 0 fully saturated rings. The molecular weight excluding hydrogens is 262 g/mol. The molecule has 0 unspecified atom stereocenters. The van der Waals surface area contributed by atoms with Crippen molar-refractivity contribution in [3.05, 3.63) is 36.4 Å². The summed E-state index contributed by atoms with van der Waals surface area (Å²) in [5.74, 6) is 2.84. The second-order valence-corrected chi connectivity index (χ2v) is 4.66. The number of halogens is 1. The third kappa shape index (κ3) is 4.00. The Hall–Kier alpha value is -1.48. The van der Waals surface area contributed by atoms with Crippen LogP contribution in [-0.4, -0.2) is 17.5 Å². The third-order valence-corrected chi connectivity index (χ3v) is 2.96. The number of hydrogen-bond donors (Lipinski definition) is 0.